The lowest BCUT2D eigenvalue weighted by Gasteiger charge is -2.10. The quantitative estimate of drug-likeness (QED) is 0.699. The summed E-state index contributed by atoms with van der Waals surface area (Å²) in [5, 5.41) is 5.70. The monoisotopic (exact) mass is 372 g/mol. The van der Waals surface area contributed by atoms with Gasteiger partial charge in [0, 0.05) is 11.4 Å². The number of amides is 2. The van der Waals surface area contributed by atoms with Gasteiger partial charge in [0.15, 0.2) is 0 Å². The van der Waals surface area contributed by atoms with Crippen molar-refractivity contribution < 1.29 is 14.3 Å². The van der Waals surface area contributed by atoms with Crippen LogP contribution in [0.5, 0.6) is 5.75 Å². The SMILES string of the molecule is CCOc1ccc(NC(=O)CSCC(=O)Nc2ccccc2CC)cc1. The number of hydrogen-bond acceptors (Lipinski definition) is 4. The fourth-order valence-electron chi connectivity index (χ4n) is 2.37. The number of anilines is 2. The molecule has 0 aliphatic heterocycles. The van der Waals surface area contributed by atoms with Crippen LogP contribution in [-0.4, -0.2) is 29.9 Å². The van der Waals surface area contributed by atoms with Gasteiger partial charge in [0.05, 0.1) is 18.1 Å². The van der Waals surface area contributed by atoms with Crippen LogP contribution in [0.4, 0.5) is 11.4 Å². The van der Waals surface area contributed by atoms with E-state index in [1.807, 2.05) is 50.2 Å². The third kappa shape index (κ3) is 6.44. The van der Waals surface area contributed by atoms with Crippen LogP contribution in [0.25, 0.3) is 0 Å². The normalized spacial score (nSPS) is 10.2. The van der Waals surface area contributed by atoms with Crippen molar-refractivity contribution in [2.45, 2.75) is 20.3 Å². The number of nitrogens with one attached hydrogen (secondary N) is 2. The van der Waals surface area contributed by atoms with Crippen molar-refractivity contribution in [3.63, 3.8) is 0 Å². The van der Waals surface area contributed by atoms with Crippen molar-refractivity contribution in [3.8, 4) is 5.75 Å². The minimum Gasteiger partial charge on any atom is -0.494 e. The summed E-state index contributed by atoms with van der Waals surface area (Å²) in [5.74, 6) is 0.972. The number of carbonyl (C=O) groups is 2. The van der Waals surface area contributed by atoms with Crippen molar-refractivity contribution in [2.75, 3.05) is 28.7 Å². The second-order valence-corrected chi connectivity index (χ2v) is 6.54. The smallest absolute Gasteiger partial charge is 0.234 e. The topological polar surface area (TPSA) is 67.4 Å². The van der Waals surface area contributed by atoms with Gasteiger partial charge in [0.2, 0.25) is 11.8 Å². The van der Waals surface area contributed by atoms with Gasteiger partial charge >= 0.3 is 0 Å². The van der Waals surface area contributed by atoms with Gasteiger partial charge in [-0.2, -0.15) is 0 Å². The molecular formula is C20H24N2O3S. The Bertz CT molecular complexity index is 732. The molecule has 2 aromatic carbocycles. The molecule has 0 heterocycles. The highest BCUT2D eigenvalue weighted by Crippen LogP contribution is 2.17. The summed E-state index contributed by atoms with van der Waals surface area (Å²) in [5.41, 5.74) is 2.64. The van der Waals surface area contributed by atoms with Gasteiger partial charge in [0.1, 0.15) is 5.75 Å². The van der Waals surface area contributed by atoms with E-state index in [-0.39, 0.29) is 23.3 Å². The highest BCUT2D eigenvalue weighted by atomic mass is 32.2. The Labute approximate surface area is 158 Å². The number of ether oxygens (including phenoxy) is 1. The largest absolute Gasteiger partial charge is 0.494 e. The van der Waals surface area contributed by atoms with E-state index in [9.17, 15) is 9.59 Å². The minimum atomic E-state index is -0.138. The molecule has 0 saturated heterocycles. The van der Waals surface area contributed by atoms with E-state index in [1.54, 1.807) is 12.1 Å². The zero-order valence-electron chi connectivity index (χ0n) is 15.1. The molecule has 2 N–H and O–H groups in total. The maximum atomic E-state index is 12.0. The van der Waals surface area contributed by atoms with E-state index in [0.717, 1.165) is 23.4 Å². The van der Waals surface area contributed by atoms with Gasteiger partial charge in [0.25, 0.3) is 0 Å². The zero-order chi connectivity index (χ0) is 18.8. The van der Waals surface area contributed by atoms with Crippen LogP contribution in [0, 0.1) is 0 Å². The molecule has 0 unspecified atom stereocenters. The summed E-state index contributed by atoms with van der Waals surface area (Å²) in [7, 11) is 0. The second-order valence-electron chi connectivity index (χ2n) is 5.56. The molecule has 0 aromatic heterocycles. The Morgan fingerprint density at radius 3 is 2.23 bits per heavy atom. The zero-order valence-corrected chi connectivity index (χ0v) is 15.9. The molecule has 2 rings (SSSR count). The van der Waals surface area contributed by atoms with E-state index in [1.165, 1.54) is 11.8 Å². The number of rotatable bonds is 9. The maximum Gasteiger partial charge on any atom is 0.234 e. The fraction of sp³-hybridized carbons (Fsp3) is 0.300. The second kappa shape index (κ2) is 10.5. The molecule has 0 atom stereocenters. The van der Waals surface area contributed by atoms with Crippen molar-refractivity contribution in [3.05, 3.63) is 54.1 Å². The maximum absolute atomic E-state index is 12.0. The first-order valence-electron chi connectivity index (χ1n) is 8.60. The third-order valence-electron chi connectivity index (χ3n) is 3.59. The Morgan fingerprint density at radius 2 is 1.58 bits per heavy atom. The summed E-state index contributed by atoms with van der Waals surface area (Å²) in [6.45, 7) is 4.57. The van der Waals surface area contributed by atoms with E-state index in [0.29, 0.717) is 12.3 Å². The van der Waals surface area contributed by atoms with Crippen LogP contribution in [0.1, 0.15) is 19.4 Å². The van der Waals surface area contributed by atoms with Crippen molar-refractivity contribution in [2.24, 2.45) is 0 Å². The van der Waals surface area contributed by atoms with Crippen molar-refractivity contribution in [1.82, 2.24) is 0 Å². The highest BCUT2D eigenvalue weighted by molar-refractivity contribution is 8.00. The van der Waals surface area contributed by atoms with Gasteiger partial charge in [-0.3, -0.25) is 9.59 Å². The lowest BCUT2D eigenvalue weighted by atomic mass is 10.1. The lowest BCUT2D eigenvalue weighted by molar-refractivity contribution is -0.114. The first kappa shape index (κ1) is 19.8. The first-order valence-corrected chi connectivity index (χ1v) is 9.76. The summed E-state index contributed by atoms with van der Waals surface area (Å²) >= 11 is 1.28. The van der Waals surface area contributed by atoms with Gasteiger partial charge < -0.3 is 15.4 Å². The molecule has 2 aromatic rings. The van der Waals surface area contributed by atoms with E-state index in [4.69, 9.17) is 4.74 Å². The summed E-state index contributed by atoms with van der Waals surface area (Å²) in [6, 6.07) is 14.9. The van der Waals surface area contributed by atoms with E-state index in [2.05, 4.69) is 10.6 Å². The van der Waals surface area contributed by atoms with Crippen LogP contribution in [-0.2, 0) is 16.0 Å². The molecule has 26 heavy (non-hydrogen) atoms. The molecule has 0 spiro atoms. The Balaban J connectivity index is 1.73. The average Bonchev–Trinajstić information content (AvgIpc) is 2.64. The van der Waals surface area contributed by atoms with Crippen LogP contribution in [0.3, 0.4) is 0 Å². The predicted molar refractivity (Wildman–Crippen MR) is 108 cm³/mol. The van der Waals surface area contributed by atoms with E-state index >= 15 is 0 Å². The fourth-order valence-corrected chi connectivity index (χ4v) is 2.99. The number of para-hydroxylation sites is 1. The molecule has 0 radical (unpaired) electrons. The van der Waals surface area contributed by atoms with Gasteiger partial charge in [-0.05, 0) is 49.2 Å². The van der Waals surface area contributed by atoms with Crippen LogP contribution in [0.15, 0.2) is 48.5 Å². The average molecular weight is 372 g/mol. The highest BCUT2D eigenvalue weighted by Gasteiger charge is 2.08. The number of thioether (sulfide) groups is 1. The lowest BCUT2D eigenvalue weighted by Crippen LogP contribution is -2.19. The molecule has 5 nitrogen and oxygen atoms in total. The molecule has 6 heteroatoms. The summed E-state index contributed by atoms with van der Waals surface area (Å²) in [6.07, 6.45) is 0.855. The summed E-state index contributed by atoms with van der Waals surface area (Å²) in [4.78, 5) is 24.0. The van der Waals surface area contributed by atoms with Gasteiger partial charge in [-0.1, -0.05) is 25.1 Å². The molecular weight excluding hydrogens is 348 g/mol. The standard InChI is InChI=1S/C20H24N2O3S/c1-3-15-7-5-6-8-18(15)22-20(24)14-26-13-19(23)21-16-9-11-17(12-10-16)25-4-2/h5-12H,3-4,13-14H2,1-2H3,(H,21,23)(H,22,24). The Kier molecular flexibility index (Phi) is 8.02. The number of hydrogen-bond donors (Lipinski definition) is 2. The van der Waals surface area contributed by atoms with Crippen LogP contribution >= 0.6 is 11.8 Å². The molecule has 2 amide bonds. The molecule has 0 fully saturated rings. The van der Waals surface area contributed by atoms with Gasteiger partial charge in [-0.25, -0.2) is 0 Å². The predicted octanol–water partition coefficient (Wildman–Crippen LogP) is 3.96. The Hall–Kier alpha value is -2.47. The summed E-state index contributed by atoms with van der Waals surface area (Å²) < 4.78 is 5.36. The molecule has 0 bridgehead atoms. The van der Waals surface area contributed by atoms with Crippen LogP contribution in [0.2, 0.25) is 0 Å². The van der Waals surface area contributed by atoms with Crippen molar-refractivity contribution in [1.29, 1.82) is 0 Å². The molecule has 138 valence electrons. The number of carbonyl (C=O) groups excluding carboxylic acids is 2. The van der Waals surface area contributed by atoms with Crippen molar-refractivity contribution >= 4 is 35.0 Å². The van der Waals surface area contributed by atoms with Crippen LogP contribution < -0.4 is 15.4 Å². The third-order valence-corrected chi connectivity index (χ3v) is 4.52. The minimum absolute atomic E-state index is 0.107. The molecule has 0 aliphatic carbocycles. The molecule has 0 saturated carbocycles. The Morgan fingerprint density at radius 1 is 0.923 bits per heavy atom. The van der Waals surface area contributed by atoms with Gasteiger partial charge in [-0.15, -0.1) is 11.8 Å². The molecule has 0 aliphatic rings. The number of benzene rings is 2. The first-order chi connectivity index (χ1) is 12.6. The van der Waals surface area contributed by atoms with E-state index < -0.39 is 0 Å². The number of aryl methyl sites for hydroxylation is 1.